The van der Waals surface area contributed by atoms with Crippen LogP contribution in [0.4, 0.5) is 4.79 Å². The van der Waals surface area contributed by atoms with E-state index in [1.807, 2.05) is 88.4 Å². The molecule has 0 atom stereocenters. The number of hydrogen-bond acceptors (Lipinski definition) is 5. The van der Waals surface area contributed by atoms with Crippen molar-refractivity contribution in [1.82, 2.24) is 5.32 Å². The Balaban J connectivity index is 1.73. The molecule has 1 aliphatic heterocycles. The summed E-state index contributed by atoms with van der Waals surface area (Å²) in [6.07, 6.45) is 5.35. The van der Waals surface area contributed by atoms with Crippen LogP contribution in [0.2, 0.25) is 0 Å². The molecule has 1 amide bonds. The molecule has 1 fully saturated rings. The van der Waals surface area contributed by atoms with Crippen molar-refractivity contribution in [2.45, 2.75) is 45.5 Å². The van der Waals surface area contributed by atoms with Crippen LogP contribution in [-0.4, -0.2) is 37.2 Å². The first-order valence-electron chi connectivity index (χ1n) is 10.9. The lowest BCUT2D eigenvalue weighted by Crippen LogP contribution is -2.41. The van der Waals surface area contributed by atoms with Crippen LogP contribution >= 0.6 is 0 Å². The fourth-order valence-corrected chi connectivity index (χ4v) is 3.21. The van der Waals surface area contributed by atoms with E-state index in [-0.39, 0.29) is 13.2 Å². The molecule has 0 aliphatic carbocycles. The van der Waals surface area contributed by atoms with Gasteiger partial charge in [0.2, 0.25) is 0 Å². The maximum atomic E-state index is 12.3. The summed E-state index contributed by atoms with van der Waals surface area (Å²) in [5, 5.41) is 2.80. The van der Waals surface area contributed by atoms with Gasteiger partial charge in [-0.25, -0.2) is 4.79 Å². The van der Waals surface area contributed by atoms with Gasteiger partial charge in [-0.3, -0.25) is 4.79 Å². The minimum absolute atomic E-state index is 0.192. The van der Waals surface area contributed by atoms with E-state index < -0.39 is 24.4 Å². The molecule has 1 aliphatic rings. The Morgan fingerprint density at radius 1 is 0.970 bits per heavy atom. The summed E-state index contributed by atoms with van der Waals surface area (Å²) < 4.78 is 17.7. The topological polar surface area (TPSA) is 73.9 Å². The van der Waals surface area contributed by atoms with Crippen LogP contribution in [0.25, 0.3) is 12.2 Å². The van der Waals surface area contributed by atoms with Gasteiger partial charge in [-0.15, -0.1) is 0 Å². The highest BCUT2D eigenvalue weighted by Gasteiger charge is 2.52. The van der Waals surface area contributed by atoms with Crippen LogP contribution in [0.5, 0.6) is 0 Å². The van der Waals surface area contributed by atoms with Crippen molar-refractivity contribution in [2.75, 3.05) is 6.54 Å². The highest BCUT2D eigenvalue weighted by atomic mass is 16.7. The number of aldehydes is 1. The van der Waals surface area contributed by atoms with Crippen LogP contribution in [0, 0.1) is 0 Å². The molecule has 7 heteroatoms. The van der Waals surface area contributed by atoms with Gasteiger partial charge in [-0.1, -0.05) is 66.7 Å². The number of carbonyl (C=O) groups excluding carboxylic acids is 2. The first kappa shape index (κ1) is 24.5. The molecule has 6 nitrogen and oxygen atoms in total. The molecule has 0 unspecified atom stereocenters. The van der Waals surface area contributed by atoms with Crippen LogP contribution < -0.4 is 5.32 Å². The van der Waals surface area contributed by atoms with E-state index in [1.165, 1.54) is 6.08 Å². The first-order chi connectivity index (χ1) is 15.7. The number of hydrogen-bond donors (Lipinski definition) is 1. The van der Waals surface area contributed by atoms with Crippen molar-refractivity contribution in [3.05, 3.63) is 82.8 Å². The Labute approximate surface area is 195 Å². The van der Waals surface area contributed by atoms with Crippen LogP contribution in [0.1, 0.15) is 44.4 Å². The van der Waals surface area contributed by atoms with Crippen molar-refractivity contribution in [3.63, 3.8) is 0 Å². The first-order valence-corrected chi connectivity index (χ1v) is 10.9. The summed E-state index contributed by atoms with van der Waals surface area (Å²) in [7, 11) is -0.612. The van der Waals surface area contributed by atoms with Crippen molar-refractivity contribution in [3.8, 4) is 0 Å². The number of allylic oxidation sites excluding steroid dienone is 1. The second kappa shape index (κ2) is 10.6. The van der Waals surface area contributed by atoms with Gasteiger partial charge in [-0.05, 0) is 55.9 Å². The Kier molecular flexibility index (Phi) is 7.90. The molecule has 0 bridgehead atoms. The summed E-state index contributed by atoms with van der Waals surface area (Å²) >= 11 is 0. The van der Waals surface area contributed by atoms with E-state index >= 15 is 0 Å². The van der Waals surface area contributed by atoms with Crippen LogP contribution in [0.15, 0.2) is 66.1 Å². The summed E-state index contributed by atoms with van der Waals surface area (Å²) in [5.74, 6) is 0. The van der Waals surface area contributed by atoms with Gasteiger partial charge in [0.25, 0.3) is 0 Å². The van der Waals surface area contributed by atoms with Gasteiger partial charge in [0, 0.05) is 6.54 Å². The van der Waals surface area contributed by atoms with E-state index in [0.29, 0.717) is 0 Å². The minimum Gasteiger partial charge on any atom is -0.445 e. The second-order valence-electron chi connectivity index (χ2n) is 8.88. The molecule has 0 aromatic heterocycles. The molecule has 0 radical (unpaired) electrons. The van der Waals surface area contributed by atoms with E-state index in [4.69, 9.17) is 14.0 Å². The summed E-state index contributed by atoms with van der Waals surface area (Å²) in [4.78, 5) is 22.8. The molecule has 1 N–H and O–H groups in total. The van der Waals surface area contributed by atoms with Crippen molar-refractivity contribution >= 4 is 31.6 Å². The smallest absolute Gasteiger partial charge is 0.445 e. The molecule has 172 valence electrons. The largest absolute Gasteiger partial charge is 0.492 e. The molecule has 2 aromatic carbocycles. The third-order valence-corrected chi connectivity index (χ3v) is 5.86. The van der Waals surface area contributed by atoms with Gasteiger partial charge in [0.1, 0.15) is 12.9 Å². The molecule has 3 rings (SSSR count). The SMILES string of the molecule is CC1(C)OB(C(=Cc2ccc(/C=C/C=O)cc2)CNC(=O)OCc2ccccc2)OC1(C)C. The lowest BCUT2D eigenvalue weighted by atomic mass is 9.77. The average Bonchev–Trinajstić information content (AvgIpc) is 3.02. The third-order valence-electron chi connectivity index (χ3n) is 5.86. The van der Waals surface area contributed by atoms with Gasteiger partial charge >= 0.3 is 13.2 Å². The summed E-state index contributed by atoms with van der Waals surface area (Å²) in [6, 6.07) is 17.2. The van der Waals surface area contributed by atoms with Gasteiger partial charge < -0.3 is 19.4 Å². The normalized spacial score (nSPS) is 17.2. The number of carbonyl (C=O) groups is 2. The second-order valence-corrected chi connectivity index (χ2v) is 8.88. The highest BCUT2D eigenvalue weighted by Crippen LogP contribution is 2.38. The van der Waals surface area contributed by atoms with E-state index in [2.05, 4.69) is 5.32 Å². The minimum atomic E-state index is -0.612. The molecule has 33 heavy (non-hydrogen) atoms. The number of amides is 1. The Morgan fingerprint density at radius 3 is 2.18 bits per heavy atom. The molecule has 1 saturated heterocycles. The summed E-state index contributed by atoms with van der Waals surface area (Å²) in [6.45, 7) is 8.34. The highest BCUT2D eigenvalue weighted by molar-refractivity contribution is 6.56. The molecule has 2 aromatic rings. The Morgan fingerprint density at radius 2 is 1.58 bits per heavy atom. The fourth-order valence-electron chi connectivity index (χ4n) is 3.21. The van der Waals surface area contributed by atoms with Gasteiger partial charge in [0.05, 0.1) is 11.2 Å². The van der Waals surface area contributed by atoms with Gasteiger partial charge in [-0.2, -0.15) is 0 Å². The maximum absolute atomic E-state index is 12.3. The average molecular weight is 447 g/mol. The zero-order valence-corrected chi connectivity index (χ0v) is 19.5. The number of alkyl carbamates (subject to hydrolysis) is 1. The standard InChI is InChI=1S/C26H30BNO5/c1-25(2)26(3,4)33-27(32-25)23(17-21-14-12-20(13-15-21)11-8-16-29)18-28-24(30)31-19-22-9-6-5-7-10-22/h5-17H,18-19H2,1-4H3,(H,28,30)/b11-8+,23-17?. The van der Waals surface area contributed by atoms with Gasteiger partial charge in [0.15, 0.2) is 0 Å². The molecule has 1 heterocycles. The Hall–Kier alpha value is -3.16. The maximum Gasteiger partial charge on any atom is 0.492 e. The van der Waals surface area contributed by atoms with Crippen molar-refractivity contribution in [1.29, 1.82) is 0 Å². The van der Waals surface area contributed by atoms with E-state index in [1.54, 1.807) is 6.08 Å². The predicted octanol–water partition coefficient (Wildman–Crippen LogP) is 4.84. The molecular formula is C26H30BNO5. The number of nitrogens with one attached hydrogen (secondary N) is 1. The van der Waals surface area contributed by atoms with E-state index in [9.17, 15) is 9.59 Å². The lowest BCUT2D eigenvalue weighted by Gasteiger charge is -2.32. The number of ether oxygens (including phenoxy) is 1. The molecule has 0 spiro atoms. The predicted molar refractivity (Wildman–Crippen MR) is 130 cm³/mol. The van der Waals surface area contributed by atoms with E-state index in [0.717, 1.165) is 28.4 Å². The fraction of sp³-hybridized carbons (Fsp3) is 0.308. The molecule has 0 saturated carbocycles. The zero-order chi connectivity index (χ0) is 23.9. The van der Waals surface area contributed by atoms with Crippen molar-refractivity contribution in [2.24, 2.45) is 0 Å². The summed E-state index contributed by atoms with van der Waals surface area (Å²) in [5.41, 5.74) is 2.50. The lowest BCUT2D eigenvalue weighted by molar-refractivity contribution is -0.104. The van der Waals surface area contributed by atoms with Crippen LogP contribution in [0.3, 0.4) is 0 Å². The Bertz CT molecular complexity index is 997. The quantitative estimate of drug-likeness (QED) is 0.356. The monoisotopic (exact) mass is 447 g/mol. The third kappa shape index (κ3) is 6.67. The van der Waals surface area contributed by atoms with Crippen molar-refractivity contribution < 1.29 is 23.6 Å². The molecular weight excluding hydrogens is 417 g/mol. The zero-order valence-electron chi connectivity index (χ0n) is 19.5. The number of rotatable bonds is 8. The number of benzene rings is 2. The van der Waals surface area contributed by atoms with Crippen LogP contribution in [-0.2, 0) is 25.4 Å².